The number of sulfonamides is 1. The van der Waals surface area contributed by atoms with Crippen LogP contribution in [0.25, 0.3) is 0 Å². The highest BCUT2D eigenvalue weighted by Gasteiger charge is 2.33. The highest BCUT2D eigenvalue weighted by molar-refractivity contribution is 7.91. The van der Waals surface area contributed by atoms with Gasteiger partial charge in [-0.05, 0) is 83.4 Å². The smallest absolute Gasteiger partial charge is 0.255 e. The van der Waals surface area contributed by atoms with Gasteiger partial charge in [-0.25, -0.2) is 13.1 Å². The Bertz CT molecular complexity index is 1770. The molecule has 0 saturated heterocycles. The first-order chi connectivity index (χ1) is 20.8. The Kier molecular flexibility index (Phi) is 8.06. The van der Waals surface area contributed by atoms with E-state index in [1.165, 1.54) is 18.2 Å². The third kappa shape index (κ3) is 6.21. The molecule has 222 valence electrons. The molecule has 43 heavy (non-hydrogen) atoms. The third-order valence-corrected chi connectivity index (χ3v) is 10.1. The summed E-state index contributed by atoms with van der Waals surface area (Å²) in [5.74, 6) is 0.619. The van der Waals surface area contributed by atoms with E-state index < -0.39 is 22.0 Å². The minimum absolute atomic E-state index is 0.106. The van der Waals surface area contributed by atoms with Crippen molar-refractivity contribution >= 4 is 33.2 Å². The molecule has 1 unspecified atom stereocenters. The van der Waals surface area contributed by atoms with Gasteiger partial charge in [0, 0.05) is 13.1 Å². The molecule has 10 nitrogen and oxygen atoms in total. The summed E-state index contributed by atoms with van der Waals surface area (Å²) >= 11 is 1.09. The Morgan fingerprint density at radius 3 is 2.72 bits per heavy atom. The highest BCUT2D eigenvalue weighted by atomic mass is 32.2. The first-order valence-corrected chi connectivity index (χ1v) is 16.1. The summed E-state index contributed by atoms with van der Waals surface area (Å²) in [6, 6.07) is 20.2. The van der Waals surface area contributed by atoms with Gasteiger partial charge in [0.25, 0.3) is 15.9 Å². The highest BCUT2D eigenvalue weighted by Crippen LogP contribution is 2.39. The summed E-state index contributed by atoms with van der Waals surface area (Å²) in [5, 5.41) is 14.7. The maximum absolute atomic E-state index is 13.6. The molecule has 4 aromatic rings. The number of phenolic OH excluding ortho intramolecular Hbond substituents is 1. The van der Waals surface area contributed by atoms with E-state index in [1.54, 1.807) is 28.5 Å². The van der Waals surface area contributed by atoms with E-state index in [0.29, 0.717) is 49.8 Å². The van der Waals surface area contributed by atoms with E-state index >= 15 is 0 Å². The van der Waals surface area contributed by atoms with E-state index in [2.05, 4.69) is 10.0 Å². The monoisotopic (exact) mass is 619 g/mol. The second-order valence-electron chi connectivity index (χ2n) is 10.2. The van der Waals surface area contributed by atoms with Gasteiger partial charge in [0.05, 0.1) is 24.8 Å². The van der Waals surface area contributed by atoms with Gasteiger partial charge in [-0.1, -0.05) is 24.3 Å². The number of thiophene rings is 1. The molecule has 7 rings (SSSR count). The number of nitrogens with zero attached hydrogens (tertiary/aromatic N) is 1. The summed E-state index contributed by atoms with van der Waals surface area (Å²) in [5.41, 5.74) is 2.78. The van der Waals surface area contributed by atoms with Crippen molar-refractivity contribution in [2.24, 2.45) is 0 Å². The lowest BCUT2D eigenvalue weighted by atomic mass is 9.87. The zero-order chi connectivity index (χ0) is 30.0. The Balaban J connectivity index is 1.35. The van der Waals surface area contributed by atoms with Crippen molar-refractivity contribution in [3.8, 4) is 23.0 Å². The Morgan fingerprint density at radius 1 is 1.05 bits per heavy atom. The van der Waals surface area contributed by atoms with Crippen LogP contribution in [0.4, 0.5) is 0 Å². The van der Waals surface area contributed by atoms with Gasteiger partial charge in [0.15, 0.2) is 0 Å². The molecule has 1 atom stereocenters. The van der Waals surface area contributed by atoms with Crippen LogP contribution >= 0.6 is 11.3 Å². The summed E-state index contributed by atoms with van der Waals surface area (Å²) in [6.45, 7) is 0.643. The minimum atomic E-state index is -3.81. The van der Waals surface area contributed by atoms with Gasteiger partial charge in [0.1, 0.15) is 27.2 Å². The second-order valence-corrected chi connectivity index (χ2v) is 13.1. The van der Waals surface area contributed by atoms with Crippen LogP contribution in [0, 0.1) is 0 Å². The fourth-order valence-electron chi connectivity index (χ4n) is 5.27. The number of nitrogens with one attached hydrogen (secondary N) is 2. The number of carbonyl (C=O) groups excluding carboxylic acids is 2. The van der Waals surface area contributed by atoms with Gasteiger partial charge in [0.2, 0.25) is 5.91 Å². The van der Waals surface area contributed by atoms with Gasteiger partial charge >= 0.3 is 0 Å². The standard InChI is InChI=1S/C31H29N3O7S2/c35-27-10-8-24-18-26(27)31(37)32-12-3-14-40-22-5-1-4-21(17-22)30-25-9-7-23(41-24)16-20(25)11-13-34(30)28(36)19-33-43(38,39)29-6-2-15-42-29/h1-2,4-10,15-18,30,33,35H,3,11-14,19H2,(H,32,37). The molecule has 12 heteroatoms. The first kappa shape index (κ1) is 28.7. The van der Waals surface area contributed by atoms with Crippen LogP contribution in [0.2, 0.25) is 0 Å². The number of fused-ring (bicyclic) bond motifs is 6. The second kappa shape index (κ2) is 12.1. The third-order valence-electron chi connectivity index (χ3n) is 7.33. The van der Waals surface area contributed by atoms with E-state index in [0.717, 1.165) is 28.0 Å². The number of carbonyl (C=O) groups is 2. The molecule has 1 aromatic heterocycles. The summed E-state index contributed by atoms with van der Waals surface area (Å²) in [4.78, 5) is 28.0. The number of hydrogen-bond acceptors (Lipinski definition) is 8. The van der Waals surface area contributed by atoms with E-state index in [1.807, 2.05) is 36.4 Å². The van der Waals surface area contributed by atoms with E-state index in [-0.39, 0.29) is 28.0 Å². The van der Waals surface area contributed by atoms with Crippen molar-refractivity contribution in [1.82, 2.24) is 14.9 Å². The van der Waals surface area contributed by atoms with Crippen LogP contribution in [0.3, 0.4) is 0 Å². The summed E-state index contributed by atoms with van der Waals surface area (Å²) < 4.78 is 40.1. The molecule has 0 spiro atoms. The lowest BCUT2D eigenvalue weighted by Crippen LogP contribution is -2.45. The Morgan fingerprint density at radius 2 is 1.88 bits per heavy atom. The maximum Gasteiger partial charge on any atom is 0.255 e. The van der Waals surface area contributed by atoms with Crippen LogP contribution < -0.4 is 19.5 Å². The zero-order valence-corrected chi connectivity index (χ0v) is 24.6. The quantitative estimate of drug-likeness (QED) is 0.312. The van der Waals surface area contributed by atoms with Crippen molar-refractivity contribution in [1.29, 1.82) is 0 Å². The van der Waals surface area contributed by atoms with Crippen molar-refractivity contribution in [3.63, 3.8) is 0 Å². The predicted octanol–water partition coefficient (Wildman–Crippen LogP) is 4.21. The predicted molar refractivity (Wildman–Crippen MR) is 160 cm³/mol. The van der Waals surface area contributed by atoms with Crippen LogP contribution in [0.5, 0.6) is 23.0 Å². The molecule has 0 aliphatic carbocycles. The SMILES string of the molecule is O=C1NCCCOc2cccc(c2)C2c3ccc(cc3CCN2C(=O)CNS(=O)(=O)c2cccs2)Oc2ccc(O)c1c2. The number of rotatable bonds is 4. The topological polar surface area (TPSA) is 134 Å². The van der Waals surface area contributed by atoms with Gasteiger partial charge < -0.3 is 24.8 Å². The summed E-state index contributed by atoms with van der Waals surface area (Å²) in [6.07, 6.45) is 1.04. The van der Waals surface area contributed by atoms with Crippen molar-refractivity contribution < 1.29 is 32.6 Å². The lowest BCUT2D eigenvalue weighted by molar-refractivity contribution is -0.132. The minimum Gasteiger partial charge on any atom is -0.507 e. The van der Waals surface area contributed by atoms with Gasteiger partial charge in [-0.2, -0.15) is 0 Å². The molecule has 3 aliphatic rings. The van der Waals surface area contributed by atoms with Crippen LogP contribution in [-0.2, 0) is 21.2 Å². The van der Waals surface area contributed by atoms with E-state index in [4.69, 9.17) is 9.47 Å². The Hall–Kier alpha value is -4.39. The molecule has 4 heterocycles. The van der Waals surface area contributed by atoms with Crippen LogP contribution in [0.15, 0.2) is 82.4 Å². The molecule has 8 bridgehead atoms. The van der Waals surface area contributed by atoms with Crippen molar-refractivity contribution in [2.75, 3.05) is 26.2 Å². The molecular formula is C31H29N3O7S2. The number of aromatic hydroxyl groups is 1. The number of amides is 2. The van der Waals surface area contributed by atoms with Crippen molar-refractivity contribution in [3.05, 3.63) is 100 Å². The van der Waals surface area contributed by atoms with E-state index in [9.17, 15) is 23.1 Å². The van der Waals surface area contributed by atoms with Gasteiger partial charge in [-0.15, -0.1) is 11.3 Å². The number of hydrogen-bond donors (Lipinski definition) is 3. The average molecular weight is 620 g/mol. The van der Waals surface area contributed by atoms with Crippen LogP contribution in [-0.4, -0.2) is 56.5 Å². The molecule has 3 N–H and O–H groups in total. The molecule has 3 aromatic carbocycles. The average Bonchev–Trinajstić information content (AvgIpc) is 3.56. The molecule has 0 radical (unpaired) electrons. The molecular weight excluding hydrogens is 590 g/mol. The Labute approximate surface area is 252 Å². The molecule has 0 saturated carbocycles. The number of phenols is 1. The molecule has 3 aliphatic heterocycles. The number of benzene rings is 3. The molecule has 0 fully saturated rings. The fourth-order valence-corrected chi connectivity index (χ4v) is 7.28. The largest absolute Gasteiger partial charge is 0.507 e. The fraction of sp³-hybridized carbons (Fsp3) is 0.226. The van der Waals surface area contributed by atoms with Crippen LogP contribution in [0.1, 0.15) is 39.5 Å². The van der Waals surface area contributed by atoms with Gasteiger partial charge in [-0.3, -0.25) is 9.59 Å². The normalized spacial score (nSPS) is 16.8. The summed E-state index contributed by atoms with van der Waals surface area (Å²) in [7, 11) is -3.81. The molecule has 2 amide bonds. The lowest BCUT2D eigenvalue weighted by Gasteiger charge is -2.38. The maximum atomic E-state index is 13.6. The number of ether oxygens (including phenoxy) is 2. The zero-order valence-electron chi connectivity index (χ0n) is 23.0. The van der Waals surface area contributed by atoms with Crippen molar-refractivity contribution in [2.45, 2.75) is 23.1 Å². The first-order valence-electron chi connectivity index (χ1n) is 13.8.